The topological polar surface area (TPSA) is 73.8 Å². The van der Waals surface area contributed by atoms with Crippen molar-refractivity contribution in [2.75, 3.05) is 51.8 Å². The first-order valence-electron chi connectivity index (χ1n) is 7.86. The smallest absolute Gasteiger partial charge is 0.191 e. The summed E-state index contributed by atoms with van der Waals surface area (Å²) < 4.78 is 22.1. The van der Waals surface area contributed by atoms with Gasteiger partial charge in [-0.15, -0.1) is 0 Å². The largest absolute Gasteiger partial charge is 0.356 e. The Balaban J connectivity index is 2.11. The van der Waals surface area contributed by atoms with Crippen LogP contribution in [0.2, 0.25) is 0 Å². The fourth-order valence-corrected chi connectivity index (χ4v) is 2.92. The van der Waals surface area contributed by atoms with Crippen LogP contribution in [0.1, 0.15) is 32.1 Å². The number of aliphatic imine (C=N–C) groups is 1. The second kappa shape index (κ2) is 10.00. The van der Waals surface area contributed by atoms with Crippen molar-refractivity contribution >= 4 is 15.8 Å². The van der Waals surface area contributed by atoms with E-state index in [1.54, 1.807) is 7.05 Å². The first-order chi connectivity index (χ1) is 10.0. The molecule has 124 valence electrons. The Morgan fingerprint density at radius 3 is 2.29 bits per heavy atom. The highest BCUT2D eigenvalue weighted by Gasteiger charge is 2.08. The molecule has 0 unspecified atom stereocenters. The number of guanidine groups is 1. The van der Waals surface area contributed by atoms with E-state index in [1.807, 2.05) is 0 Å². The summed E-state index contributed by atoms with van der Waals surface area (Å²) in [6.45, 7) is 4.82. The second-order valence-electron chi connectivity index (χ2n) is 5.67. The molecule has 0 aromatic rings. The van der Waals surface area contributed by atoms with Crippen molar-refractivity contribution in [3.05, 3.63) is 0 Å². The Morgan fingerprint density at radius 1 is 1.10 bits per heavy atom. The second-order valence-corrected chi connectivity index (χ2v) is 7.92. The fraction of sp³-hybridized carbons (Fsp3) is 0.929. The number of nitrogens with zero attached hydrogens (tertiary/aromatic N) is 2. The number of hydrogen-bond donors (Lipinski definition) is 2. The molecule has 1 saturated heterocycles. The minimum Gasteiger partial charge on any atom is -0.356 e. The zero-order chi connectivity index (χ0) is 15.6. The molecule has 0 atom stereocenters. The van der Waals surface area contributed by atoms with E-state index in [1.165, 1.54) is 45.0 Å². The van der Waals surface area contributed by atoms with Gasteiger partial charge in [-0.05, 0) is 38.9 Å². The van der Waals surface area contributed by atoms with Crippen LogP contribution in [0.5, 0.6) is 0 Å². The van der Waals surface area contributed by atoms with Crippen molar-refractivity contribution in [2.45, 2.75) is 32.1 Å². The normalized spacial score (nSPS) is 18.3. The summed E-state index contributed by atoms with van der Waals surface area (Å²) in [5.74, 6) is 0.802. The van der Waals surface area contributed by atoms with E-state index in [0.29, 0.717) is 12.5 Å². The highest BCUT2D eigenvalue weighted by Crippen LogP contribution is 2.09. The summed E-state index contributed by atoms with van der Waals surface area (Å²) in [6.07, 6.45) is 7.69. The lowest BCUT2D eigenvalue weighted by Crippen LogP contribution is -2.40. The summed E-state index contributed by atoms with van der Waals surface area (Å²) in [7, 11) is -1.22. The number of likely N-dealkylation sites (tertiary alicyclic amines) is 1. The Kier molecular flexibility index (Phi) is 8.68. The molecule has 0 spiro atoms. The standard InChI is InChI=1S/C14H30N4O2S/c1-15-14(17-9-13-21(2,19)20)16-8-7-12-18-10-5-3-4-6-11-18/h3-13H2,1-2H3,(H2,15,16,17). The highest BCUT2D eigenvalue weighted by atomic mass is 32.2. The van der Waals surface area contributed by atoms with Crippen LogP contribution < -0.4 is 10.6 Å². The van der Waals surface area contributed by atoms with Crippen LogP contribution in [0.15, 0.2) is 4.99 Å². The molecule has 0 aromatic carbocycles. The molecule has 0 amide bonds. The minimum absolute atomic E-state index is 0.126. The lowest BCUT2D eigenvalue weighted by atomic mass is 10.2. The predicted molar refractivity (Wildman–Crippen MR) is 88.6 cm³/mol. The zero-order valence-corrected chi connectivity index (χ0v) is 14.2. The van der Waals surface area contributed by atoms with E-state index in [-0.39, 0.29) is 5.75 Å². The summed E-state index contributed by atoms with van der Waals surface area (Å²) in [6, 6.07) is 0. The van der Waals surface area contributed by atoms with Crippen LogP contribution in [-0.2, 0) is 9.84 Å². The summed E-state index contributed by atoms with van der Waals surface area (Å²) >= 11 is 0. The van der Waals surface area contributed by atoms with Gasteiger partial charge < -0.3 is 15.5 Å². The van der Waals surface area contributed by atoms with E-state index < -0.39 is 9.84 Å². The van der Waals surface area contributed by atoms with Gasteiger partial charge in [0.2, 0.25) is 0 Å². The van der Waals surface area contributed by atoms with Crippen molar-refractivity contribution in [1.29, 1.82) is 0 Å². The molecule has 7 heteroatoms. The van der Waals surface area contributed by atoms with Gasteiger partial charge in [0.1, 0.15) is 9.84 Å². The molecule has 0 aliphatic carbocycles. The number of hydrogen-bond acceptors (Lipinski definition) is 4. The lowest BCUT2D eigenvalue weighted by Gasteiger charge is -2.20. The van der Waals surface area contributed by atoms with Crippen molar-refractivity contribution < 1.29 is 8.42 Å². The zero-order valence-electron chi connectivity index (χ0n) is 13.4. The summed E-state index contributed by atoms with van der Waals surface area (Å²) in [5.41, 5.74) is 0. The summed E-state index contributed by atoms with van der Waals surface area (Å²) in [5, 5.41) is 6.25. The maximum atomic E-state index is 11.1. The maximum absolute atomic E-state index is 11.1. The van der Waals surface area contributed by atoms with Gasteiger partial charge in [-0.25, -0.2) is 8.42 Å². The Labute approximate surface area is 129 Å². The Hall–Kier alpha value is -0.820. The molecule has 0 bridgehead atoms. The summed E-state index contributed by atoms with van der Waals surface area (Å²) in [4.78, 5) is 6.63. The van der Waals surface area contributed by atoms with Gasteiger partial charge in [-0.1, -0.05) is 12.8 Å². The molecular formula is C14H30N4O2S. The van der Waals surface area contributed by atoms with E-state index >= 15 is 0 Å². The van der Waals surface area contributed by atoms with E-state index in [2.05, 4.69) is 20.5 Å². The molecule has 1 fully saturated rings. The van der Waals surface area contributed by atoms with E-state index in [4.69, 9.17) is 0 Å². The molecule has 0 aromatic heterocycles. The minimum atomic E-state index is -2.92. The van der Waals surface area contributed by atoms with Gasteiger partial charge in [0, 0.05) is 26.4 Å². The molecule has 2 N–H and O–H groups in total. The van der Waals surface area contributed by atoms with Crippen molar-refractivity contribution in [1.82, 2.24) is 15.5 Å². The number of sulfone groups is 1. The van der Waals surface area contributed by atoms with Gasteiger partial charge in [0.05, 0.1) is 5.75 Å². The molecule has 1 rings (SSSR count). The SMILES string of the molecule is CN=C(NCCCN1CCCCCC1)NCCS(C)(=O)=O. The van der Waals surface area contributed by atoms with Gasteiger partial charge in [0.15, 0.2) is 5.96 Å². The molecule has 0 saturated carbocycles. The average molecular weight is 318 g/mol. The third-order valence-corrected chi connectivity index (χ3v) is 4.58. The van der Waals surface area contributed by atoms with Gasteiger partial charge in [-0.3, -0.25) is 4.99 Å². The Bertz CT molecular complexity index is 401. The monoisotopic (exact) mass is 318 g/mol. The molecule has 1 heterocycles. The van der Waals surface area contributed by atoms with E-state index in [0.717, 1.165) is 19.5 Å². The van der Waals surface area contributed by atoms with Crippen LogP contribution >= 0.6 is 0 Å². The molecule has 21 heavy (non-hydrogen) atoms. The van der Waals surface area contributed by atoms with Gasteiger partial charge in [-0.2, -0.15) is 0 Å². The molecule has 1 aliphatic heterocycles. The third kappa shape index (κ3) is 9.68. The number of rotatable bonds is 7. The van der Waals surface area contributed by atoms with Crippen LogP contribution in [0.4, 0.5) is 0 Å². The molecule has 0 radical (unpaired) electrons. The quantitative estimate of drug-likeness (QED) is 0.405. The fourth-order valence-electron chi connectivity index (χ4n) is 2.44. The number of nitrogens with one attached hydrogen (secondary N) is 2. The van der Waals surface area contributed by atoms with E-state index in [9.17, 15) is 8.42 Å². The molecule has 6 nitrogen and oxygen atoms in total. The molecular weight excluding hydrogens is 288 g/mol. The molecule has 1 aliphatic rings. The lowest BCUT2D eigenvalue weighted by molar-refractivity contribution is 0.282. The van der Waals surface area contributed by atoms with Gasteiger partial charge in [0.25, 0.3) is 0 Å². The first-order valence-corrected chi connectivity index (χ1v) is 9.92. The van der Waals surface area contributed by atoms with Crippen LogP contribution in [0.25, 0.3) is 0 Å². The van der Waals surface area contributed by atoms with Crippen molar-refractivity contribution in [3.8, 4) is 0 Å². The maximum Gasteiger partial charge on any atom is 0.191 e. The first kappa shape index (κ1) is 18.2. The van der Waals surface area contributed by atoms with Crippen LogP contribution in [0.3, 0.4) is 0 Å². The van der Waals surface area contributed by atoms with Crippen LogP contribution in [-0.4, -0.2) is 71.1 Å². The highest BCUT2D eigenvalue weighted by molar-refractivity contribution is 7.90. The third-order valence-electron chi connectivity index (χ3n) is 3.63. The van der Waals surface area contributed by atoms with Crippen molar-refractivity contribution in [3.63, 3.8) is 0 Å². The van der Waals surface area contributed by atoms with Crippen LogP contribution in [0, 0.1) is 0 Å². The van der Waals surface area contributed by atoms with Crippen molar-refractivity contribution in [2.24, 2.45) is 4.99 Å². The Morgan fingerprint density at radius 2 is 1.71 bits per heavy atom. The van der Waals surface area contributed by atoms with Gasteiger partial charge >= 0.3 is 0 Å². The average Bonchev–Trinajstić information content (AvgIpc) is 2.69. The predicted octanol–water partition coefficient (Wildman–Crippen LogP) is 0.462.